The number of halogens is 1. The standard InChI is InChI=1S/C39H51ClN2O6S.H2/c1-26-5-3-7-36(47-20-16-28-14-18-46-19-15-28)33-11-8-31(33)23-42-24-39(17-4-6-29-21-32(40)10-12-34(29)39)25-48-37-13-9-30(22-35(37)42)38(43)41-49(44,45)27(26)2;/h3,7,9-10,12-13,21-22,26-28,31,33,36H,4-6,8,11,14-20,23-25H2,1-2H3,(H,41,43);1H/b7-3+;/t26-,27+,31-,33+,36-,39-;/m0./s1. The van der Waals surface area contributed by atoms with Crippen molar-refractivity contribution >= 4 is 33.2 Å². The van der Waals surface area contributed by atoms with Crippen molar-refractivity contribution in [3.8, 4) is 5.75 Å². The quantitative estimate of drug-likeness (QED) is 0.332. The summed E-state index contributed by atoms with van der Waals surface area (Å²) in [6, 6.07) is 11.6. The van der Waals surface area contributed by atoms with Gasteiger partial charge in [0.2, 0.25) is 10.0 Å². The smallest absolute Gasteiger partial charge is 0.264 e. The fourth-order valence-electron chi connectivity index (χ4n) is 8.73. The van der Waals surface area contributed by atoms with Gasteiger partial charge in [0.25, 0.3) is 5.91 Å². The van der Waals surface area contributed by atoms with Crippen LogP contribution in [0.2, 0.25) is 5.02 Å². The van der Waals surface area contributed by atoms with E-state index in [1.807, 2.05) is 25.1 Å². The Hall–Kier alpha value is -2.59. The Morgan fingerprint density at radius 3 is 2.73 bits per heavy atom. The van der Waals surface area contributed by atoms with E-state index >= 15 is 0 Å². The normalized spacial score (nSPS) is 32.5. The van der Waals surface area contributed by atoms with Crippen LogP contribution in [0.3, 0.4) is 0 Å². The molecule has 1 saturated carbocycles. The molecule has 1 amide bonds. The Morgan fingerprint density at radius 2 is 1.94 bits per heavy atom. The summed E-state index contributed by atoms with van der Waals surface area (Å²) in [5.74, 6) is 1.31. The van der Waals surface area contributed by atoms with Gasteiger partial charge in [-0.05, 0) is 130 Å². The number of hydrogen-bond donors (Lipinski definition) is 1. The summed E-state index contributed by atoms with van der Waals surface area (Å²) in [5, 5.41) is -0.0000719. The summed E-state index contributed by atoms with van der Waals surface area (Å²) in [7, 11) is -3.92. The number of allylic oxidation sites excluding steroid dienone is 1. The van der Waals surface area contributed by atoms with Crippen LogP contribution >= 0.6 is 11.6 Å². The van der Waals surface area contributed by atoms with Crippen molar-refractivity contribution in [2.75, 3.05) is 44.4 Å². The van der Waals surface area contributed by atoms with E-state index in [0.717, 1.165) is 94.1 Å². The number of nitrogens with zero attached hydrogens (tertiary/aromatic N) is 1. The molecule has 49 heavy (non-hydrogen) atoms. The third-order valence-corrected chi connectivity index (χ3v) is 14.3. The van der Waals surface area contributed by atoms with Crippen LogP contribution < -0.4 is 14.4 Å². The minimum absolute atomic E-state index is 0. The third kappa shape index (κ3) is 7.42. The molecular formula is C39H53ClN2O6S. The first-order valence-electron chi connectivity index (χ1n) is 18.3. The van der Waals surface area contributed by atoms with Gasteiger partial charge in [-0.25, -0.2) is 13.1 Å². The highest BCUT2D eigenvalue weighted by Gasteiger charge is 2.44. The number of carbonyl (C=O) groups excluding carboxylic acids is 1. The Bertz CT molecular complexity index is 1670. The van der Waals surface area contributed by atoms with E-state index in [-0.39, 0.29) is 18.9 Å². The lowest BCUT2D eigenvalue weighted by Crippen LogP contribution is -2.49. The highest BCUT2D eigenvalue weighted by Crippen LogP contribution is 2.47. The van der Waals surface area contributed by atoms with Crippen LogP contribution in [0.5, 0.6) is 5.75 Å². The first-order valence-corrected chi connectivity index (χ1v) is 20.3. The predicted octanol–water partition coefficient (Wildman–Crippen LogP) is 7.33. The summed E-state index contributed by atoms with van der Waals surface area (Å²) in [4.78, 5) is 15.9. The van der Waals surface area contributed by atoms with Crippen LogP contribution in [0.4, 0.5) is 5.69 Å². The number of sulfonamides is 1. The van der Waals surface area contributed by atoms with Gasteiger partial charge in [0, 0.05) is 50.3 Å². The molecule has 6 atom stereocenters. The van der Waals surface area contributed by atoms with Crippen LogP contribution in [0.25, 0.3) is 0 Å². The Kier molecular flexibility index (Phi) is 10.4. The van der Waals surface area contributed by atoms with E-state index in [1.165, 1.54) is 11.1 Å². The molecule has 10 heteroatoms. The SMILES string of the molecule is C[C@@H]1[C@@H](C)C/C=C/[C@H](OCCC2CCOCC2)[C@@H]2CC[C@H]2CN2C[C@@]3(CCCc4cc(Cl)ccc43)COc3ccc(cc32)C(=O)NS1(=O)=O.[HH]. The molecule has 0 aromatic heterocycles. The monoisotopic (exact) mass is 712 g/mol. The highest BCUT2D eigenvalue weighted by atomic mass is 35.5. The summed E-state index contributed by atoms with van der Waals surface area (Å²) in [5.41, 5.74) is 3.48. The molecule has 1 N–H and O–H groups in total. The van der Waals surface area contributed by atoms with Gasteiger partial charge in [-0.15, -0.1) is 0 Å². The van der Waals surface area contributed by atoms with Crippen molar-refractivity contribution in [2.24, 2.45) is 23.7 Å². The van der Waals surface area contributed by atoms with E-state index < -0.39 is 21.2 Å². The van der Waals surface area contributed by atoms with Crippen molar-refractivity contribution < 1.29 is 28.8 Å². The third-order valence-electron chi connectivity index (χ3n) is 12.2. The molecule has 268 valence electrons. The molecule has 7 rings (SSSR count). The van der Waals surface area contributed by atoms with Crippen LogP contribution in [-0.4, -0.2) is 65.2 Å². The molecule has 1 spiro atoms. The minimum atomic E-state index is -3.92. The Morgan fingerprint density at radius 1 is 1.10 bits per heavy atom. The van der Waals surface area contributed by atoms with Gasteiger partial charge in [-0.3, -0.25) is 4.79 Å². The van der Waals surface area contributed by atoms with Crippen molar-refractivity contribution in [3.63, 3.8) is 0 Å². The number of carbonyl (C=O) groups is 1. The molecule has 1 saturated heterocycles. The van der Waals surface area contributed by atoms with Crippen molar-refractivity contribution in [2.45, 2.75) is 88.4 Å². The van der Waals surface area contributed by atoms with Gasteiger partial charge in [-0.1, -0.05) is 36.7 Å². The molecule has 2 aromatic rings. The molecule has 8 nitrogen and oxygen atoms in total. The van der Waals surface area contributed by atoms with Gasteiger partial charge >= 0.3 is 0 Å². The van der Waals surface area contributed by atoms with E-state index in [9.17, 15) is 13.2 Å². The zero-order chi connectivity index (χ0) is 34.2. The predicted molar refractivity (Wildman–Crippen MR) is 195 cm³/mol. The minimum Gasteiger partial charge on any atom is -0.490 e. The summed E-state index contributed by atoms with van der Waals surface area (Å²) < 4.78 is 48.2. The lowest BCUT2D eigenvalue weighted by atomic mass is 9.68. The van der Waals surface area contributed by atoms with E-state index in [1.54, 1.807) is 13.0 Å². The molecule has 5 aliphatic rings. The second-order valence-electron chi connectivity index (χ2n) is 15.3. The number of hydrogen-bond acceptors (Lipinski definition) is 7. The van der Waals surface area contributed by atoms with E-state index in [2.05, 4.69) is 33.9 Å². The second kappa shape index (κ2) is 14.6. The Labute approximate surface area is 298 Å². The summed E-state index contributed by atoms with van der Waals surface area (Å²) >= 11 is 6.46. The van der Waals surface area contributed by atoms with Crippen molar-refractivity contribution in [3.05, 3.63) is 70.3 Å². The zero-order valence-corrected chi connectivity index (χ0v) is 30.4. The Balaban J connectivity index is 0.00000432. The van der Waals surface area contributed by atoms with Gasteiger partial charge in [0.05, 0.1) is 23.6 Å². The van der Waals surface area contributed by atoms with Gasteiger partial charge in [-0.2, -0.15) is 0 Å². The zero-order valence-electron chi connectivity index (χ0n) is 28.9. The maximum Gasteiger partial charge on any atom is 0.264 e. The molecular weight excluding hydrogens is 660 g/mol. The second-order valence-corrected chi connectivity index (χ2v) is 17.8. The molecule has 0 radical (unpaired) electrons. The molecule has 3 aliphatic heterocycles. The number of benzene rings is 2. The number of ether oxygens (including phenoxy) is 3. The van der Waals surface area contributed by atoms with Crippen molar-refractivity contribution in [1.82, 2.24) is 4.72 Å². The van der Waals surface area contributed by atoms with E-state index in [4.69, 9.17) is 25.8 Å². The maximum atomic E-state index is 13.5. The molecule has 2 aromatic carbocycles. The number of rotatable bonds is 4. The first-order chi connectivity index (χ1) is 23.6. The van der Waals surface area contributed by atoms with E-state index in [0.29, 0.717) is 43.0 Å². The molecule has 0 unspecified atom stereocenters. The van der Waals surface area contributed by atoms with Crippen LogP contribution in [0.15, 0.2) is 48.6 Å². The number of fused-ring (bicyclic) bond motifs is 4. The van der Waals surface area contributed by atoms with Gasteiger partial charge < -0.3 is 19.1 Å². The average molecular weight is 713 g/mol. The van der Waals surface area contributed by atoms with Gasteiger partial charge in [0.15, 0.2) is 0 Å². The molecule has 2 bridgehead atoms. The number of aryl methyl sites for hydroxylation is 1. The summed E-state index contributed by atoms with van der Waals surface area (Å²) in [6.45, 7) is 8.05. The number of amides is 1. The largest absolute Gasteiger partial charge is 0.490 e. The first kappa shape index (κ1) is 34.8. The fraction of sp³-hybridized carbons (Fsp3) is 0.615. The molecule has 2 aliphatic carbocycles. The number of anilines is 1. The van der Waals surface area contributed by atoms with Crippen LogP contribution in [0.1, 0.15) is 88.1 Å². The number of nitrogens with one attached hydrogen (secondary N) is 1. The maximum absolute atomic E-state index is 13.5. The van der Waals surface area contributed by atoms with Crippen LogP contribution in [-0.2, 0) is 31.3 Å². The lowest BCUT2D eigenvalue weighted by Gasteiger charge is -2.46. The fourth-order valence-corrected chi connectivity index (χ4v) is 10.2. The summed E-state index contributed by atoms with van der Waals surface area (Å²) in [6.07, 6.45) is 13.3. The molecule has 3 heterocycles. The van der Waals surface area contributed by atoms with Gasteiger partial charge in [0.1, 0.15) is 5.75 Å². The van der Waals surface area contributed by atoms with Crippen LogP contribution in [0, 0.1) is 23.7 Å². The topological polar surface area (TPSA) is 94.2 Å². The lowest BCUT2D eigenvalue weighted by molar-refractivity contribution is -0.0243. The molecule has 2 fully saturated rings. The highest BCUT2D eigenvalue weighted by molar-refractivity contribution is 7.90. The van der Waals surface area contributed by atoms with Crippen molar-refractivity contribution in [1.29, 1.82) is 0 Å². The average Bonchev–Trinajstić information content (AvgIpc) is 3.22.